The molecule has 186 valence electrons. The van der Waals surface area contributed by atoms with Gasteiger partial charge >= 0.3 is 0 Å². The summed E-state index contributed by atoms with van der Waals surface area (Å²) in [5, 5.41) is 7.46. The quantitative estimate of drug-likeness (QED) is 0.578. The van der Waals surface area contributed by atoms with Gasteiger partial charge in [0.2, 0.25) is 21.8 Å². The summed E-state index contributed by atoms with van der Waals surface area (Å²) in [5.41, 5.74) is -0.452. The van der Waals surface area contributed by atoms with Crippen LogP contribution in [0.2, 0.25) is 0 Å². The van der Waals surface area contributed by atoms with Crippen LogP contribution >= 0.6 is 0 Å². The highest BCUT2D eigenvalue weighted by Crippen LogP contribution is 2.37. The highest BCUT2D eigenvalue weighted by molar-refractivity contribution is 7.89. The number of rotatable bonds is 8. The molecule has 1 amide bonds. The summed E-state index contributed by atoms with van der Waals surface area (Å²) in [4.78, 5) is 19.1. The minimum atomic E-state index is -3.72. The molecule has 0 spiro atoms. The minimum Gasteiger partial charge on any atom is -0.493 e. The summed E-state index contributed by atoms with van der Waals surface area (Å²) >= 11 is 0. The lowest BCUT2D eigenvalue weighted by molar-refractivity contribution is -0.131. The second-order valence-corrected chi connectivity index (χ2v) is 10.5. The SMILES string of the molecule is COc1ccc(S(=O)(=O)N2CCN(C(=O)CNC3(c4noc(C)n4)CCCC3)CC2)cc1OC. The molecule has 1 aromatic heterocycles. The van der Waals surface area contributed by atoms with Crippen LogP contribution in [0.5, 0.6) is 11.5 Å². The Morgan fingerprint density at radius 1 is 1.12 bits per heavy atom. The van der Waals surface area contributed by atoms with E-state index >= 15 is 0 Å². The number of hydrogen-bond acceptors (Lipinski definition) is 9. The molecule has 1 saturated heterocycles. The number of ether oxygens (including phenoxy) is 2. The largest absolute Gasteiger partial charge is 0.493 e. The lowest BCUT2D eigenvalue weighted by Gasteiger charge is -2.35. The molecule has 1 aromatic carbocycles. The van der Waals surface area contributed by atoms with Gasteiger partial charge in [0.05, 0.1) is 31.2 Å². The van der Waals surface area contributed by atoms with Crippen LogP contribution in [-0.4, -0.2) is 80.6 Å². The van der Waals surface area contributed by atoms with E-state index in [-0.39, 0.29) is 30.4 Å². The summed E-state index contributed by atoms with van der Waals surface area (Å²) < 4.78 is 43.2. The smallest absolute Gasteiger partial charge is 0.243 e. The molecule has 1 aliphatic heterocycles. The van der Waals surface area contributed by atoms with Crippen LogP contribution in [0.3, 0.4) is 0 Å². The van der Waals surface area contributed by atoms with Crippen LogP contribution in [0.4, 0.5) is 0 Å². The molecule has 4 rings (SSSR count). The molecule has 0 bridgehead atoms. The van der Waals surface area contributed by atoms with Crippen LogP contribution in [0.1, 0.15) is 37.4 Å². The average Bonchev–Trinajstić information content (AvgIpc) is 3.52. The van der Waals surface area contributed by atoms with Gasteiger partial charge in [0.25, 0.3) is 0 Å². The van der Waals surface area contributed by atoms with Crippen LogP contribution in [0.15, 0.2) is 27.6 Å². The molecule has 2 fully saturated rings. The maximum Gasteiger partial charge on any atom is 0.243 e. The van der Waals surface area contributed by atoms with Crippen molar-refractivity contribution in [3.8, 4) is 11.5 Å². The summed E-state index contributed by atoms with van der Waals surface area (Å²) in [6.07, 6.45) is 3.75. The van der Waals surface area contributed by atoms with Crippen molar-refractivity contribution in [1.29, 1.82) is 0 Å². The highest BCUT2D eigenvalue weighted by Gasteiger charge is 2.40. The predicted octanol–water partition coefficient (Wildman–Crippen LogP) is 1.29. The molecule has 0 atom stereocenters. The van der Waals surface area contributed by atoms with Crippen molar-refractivity contribution in [1.82, 2.24) is 24.7 Å². The Kier molecular flexibility index (Phi) is 7.10. The summed E-state index contributed by atoms with van der Waals surface area (Å²) in [6.45, 7) is 2.97. The number of hydrogen-bond donors (Lipinski definition) is 1. The van der Waals surface area contributed by atoms with Crippen molar-refractivity contribution in [2.45, 2.75) is 43.0 Å². The van der Waals surface area contributed by atoms with Crippen molar-refractivity contribution in [3.63, 3.8) is 0 Å². The Morgan fingerprint density at radius 3 is 2.38 bits per heavy atom. The number of methoxy groups -OCH3 is 2. The first kappa shape index (κ1) is 24.4. The molecule has 0 unspecified atom stereocenters. The Hall–Kier alpha value is -2.70. The van der Waals surface area contributed by atoms with Gasteiger partial charge in [-0.25, -0.2) is 8.42 Å². The zero-order valence-electron chi connectivity index (χ0n) is 19.7. The first-order valence-electron chi connectivity index (χ1n) is 11.3. The number of aromatic nitrogens is 2. The number of aryl methyl sites for hydroxylation is 1. The molecule has 1 aliphatic carbocycles. The predicted molar refractivity (Wildman–Crippen MR) is 122 cm³/mol. The van der Waals surface area contributed by atoms with E-state index in [2.05, 4.69) is 15.5 Å². The van der Waals surface area contributed by atoms with E-state index in [1.165, 1.54) is 30.7 Å². The Morgan fingerprint density at radius 2 is 1.79 bits per heavy atom. The van der Waals surface area contributed by atoms with E-state index in [1.54, 1.807) is 17.9 Å². The third kappa shape index (κ3) is 4.75. The van der Waals surface area contributed by atoms with Crippen LogP contribution in [0, 0.1) is 6.92 Å². The van der Waals surface area contributed by atoms with Crippen molar-refractivity contribution >= 4 is 15.9 Å². The molecule has 1 saturated carbocycles. The molecule has 11 nitrogen and oxygen atoms in total. The second kappa shape index (κ2) is 9.88. The lowest BCUT2D eigenvalue weighted by Crippen LogP contribution is -2.54. The lowest BCUT2D eigenvalue weighted by atomic mass is 9.96. The first-order chi connectivity index (χ1) is 16.3. The van der Waals surface area contributed by atoms with Crippen LogP contribution in [-0.2, 0) is 20.4 Å². The number of nitrogens with zero attached hydrogens (tertiary/aromatic N) is 4. The van der Waals surface area contributed by atoms with Gasteiger partial charge in [0.1, 0.15) is 0 Å². The number of carbonyl (C=O) groups is 1. The molecule has 34 heavy (non-hydrogen) atoms. The third-order valence-corrected chi connectivity index (χ3v) is 8.47. The molecular formula is C22H31N5O6S. The number of sulfonamides is 1. The summed E-state index contributed by atoms with van der Waals surface area (Å²) in [6, 6.07) is 4.52. The molecule has 0 radical (unpaired) electrons. The average molecular weight is 494 g/mol. The van der Waals surface area contributed by atoms with Crippen molar-refractivity contribution in [3.05, 3.63) is 29.9 Å². The van der Waals surface area contributed by atoms with Gasteiger partial charge in [-0.1, -0.05) is 18.0 Å². The third-order valence-electron chi connectivity index (χ3n) is 6.57. The number of amides is 1. The van der Waals surface area contributed by atoms with Gasteiger partial charge in [-0.2, -0.15) is 9.29 Å². The van der Waals surface area contributed by atoms with Gasteiger partial charge in [0.15, 0.2) is 17.3 Å². The molecule has 1 N–H and O–H groups in total. The fraction of sp³-hybridized carbons (Fsp3) is 0.591. The zero-order chi connectivity index (χ0) is 24.3. The van der Waals surface area contributed by atoms with E-state index in [0.717, 1.165) is 25.7 Å². The van der Waals surface area contributed by atoms with E-state index in [1.807, 2.05) is 0 Å². The monoisotopic (exact) mass is 493 g/mol. The number of benzene rings is 1. The standard InChI is InChI=1S/C22H31N5O6S/c1-16-24-21(25-33-16)22(8-4-5-9-22)23-15-20(28)26-10-12-27(13-11-26)34(29,30)17-6-7-18(31-2)19(14-17)32-3/h6-7,14,23H,4-5,8-13,15H2,1-3H3. The fourth-order valence-electron chi connectivity index (χ4n) is 4.61. The Labute approximate surface area is 199 Å². The molecule has 12 heteroatoms. The maximum atomic E-state index is 13.1. The normalized spacial score (nSPS) is 18.7. The van der Waals surface area contributed by atoms with Gasteiger partial charge < -0.3 is 18.9 Å². The van der Waals surface area contributed by atoms with E-state index in [4.69, 9.17) is 14.0 Å². The minimum absolute atomic E-state index is 0.0744. The van der Waals surface area contributed by atoms with Crippen molar-refractivity contribution < 1.29 is 27.2 Å². The fourth-order valence-corrected chi connectivity index (χ4v) is 6.05. The first-order valence-corrected chi connectivity index (χ1v) is 12.8. The van der Waals surface area contributed by atoms with Crippen LogP contribution < -0.4 is 14.8 Å². The van der Waals surface area contributed by atoms with Gasteiger partial charge in [0, 0.05) is 39.2 Å². The maximum absolute atomic E-state index is 13.1. The highest BCUT2D eigenvalue weighted by atomic mass is 32.2. The van der Waals surface area contributed by atoms with E-state index in [0.29, 0.717) is 36.3 Å². The van der Waals surface area contributed by atoms with Crippen molar-refractivity contribution in [2.75, 3.05) is 46.9 Å². The van der Waals surface area contributed by atoms with Gasteiger partial charge in [-0.3, -0.25) is 10.1 Å². The van der Waals surface area contributed by atoms with Gasteiger partial charge in [-0.05, 0) is 25.0 Å². The topological polar surface area (TPSA) is 127 Å². The number of nitrogens with one attached hydrogen (secondary N) is 1. The molecule has 2 heterocycles. The van der Waals surface area contributed by atoms with Crippen molar-refractivity contribution in [2.24, 2.45) is 0 Å². The molecule has 2 aromatic rings. The summed E-state index contributed by atoms with van der Waals surface area (Å²) in [7, 11) is -0.765. The summed E-state index contributed by atoms with van der Waals surface area (Å²) in [5.74, 6) is 1.83. The molecule has 2 aliphatic rings. The van der Waals surface area contributed by atoms with Gasteiger partial charge in [-0.15, -0.1) is 0 Å². The number of carbonyl (C=O) groups excluding carboxylic acids is 1. The Bertz CT molecular complexity index is 1120. The van der Waals surface area contributed by atoms with Crippen LogP contribution in [0.25, 0.3) is 0 Å². The molecular weight excluding hydrogens is 462 g/mol. The Balaban J connectivity index is 1.36. The second-order valence-electron chi connectivity index (χ2n) is 8.58. The zero-order valence-corrected chi connectivity index (χ0v) is 20.6. The number of piperazine rings is 1. The van der Waals surface area contributed by atoms with E-state index < -0.39 is 15.6 Å². The van der Waals surface area contributed by atoms with E-state index in [9.17, 15) is 13.2 Å².